The molecule has 72 valence electrons. The minimum atomic E-state index is 0.755. The molecule has 0 fully saturated rings. The minimum Gasteiger partial charge on any atom is -0.397 e. The fourth-order valence-electron chi connectivity index (χ4n) is 1.56. The lowest BCUT2D eigenvalue weighted by molar-refractivity contribution is 1.21. The van der Waals surface area contributed by atoms with Crippen molar-refractivity contribution in [2.24, 2.45) is 0 Å². The second-order valence-corrected chi connectivity index (χ2v) is 3.23. The molecule has 0 saturated carbocycles. The van der Waals surface area contributed by atoms with Crippen LogP contribution in [0.3, 0.4) is 0 Å². The third-order valence-corrected chi connectivity index (χ3v) is 2.34. The van der Waals surface area contributed by atoms with Crippen LogP contribution in [0.15, 0.2) is 24.9 Å². The van der Waals surface area contributed by atoms with Crippen LogP contribution in [0.2, 0.25) is 0 Å². The van der Waals surface area contributed by atoms with Gasteiger partial charge in [-0.3, -0.25) is 0 Å². The Bertz CT molecular complexity index is 419. The first-order chi connectivity index (χ1) is 6.72. The Hall–Kier alpha value is -1.90. The number of hydrogen-bond donors (Lipinski definition) is 3. The zero-order valence-electron chi connectivity index (χ0n) is 8.09. The molecule has 3 nitrogen and oxygen atoms in total. The quantitative estimate of drug-likeness (QED) is 0.588. The van der Waals surface area contributed by atoms with Crippen LogP contribution >= 0.6 is 0 Å². The zero-order chi connectivity index (χ0) is 10.1. The minimum absolute atomic E-state index is 0.755. The number of nitrogens with two attached hydrogens (primary N) is 1. The van der Waals surface area contributed by atoms with Gasteiger partial charge in [0.1, 0.15) is 0 Å². The summed E-state index contributed by atoms with van der Waals surface area (Å²) < 4.78 is 0. The smallest absolute Gasteiger partial charge is 0.0578 e. The number of nitrogens with one attached hydrogen (secondary N) is 2. The van der Waals surface area contributed by atoms with Crippen LogP contribution in [0.4, 0.5) is 11.4 Å². The molecule has 1 heterocycles. The van der Waals surface area contributed by atoms with Crippen molar-refractivity contribution in [1.29, 1.82) is 0 Å². The summed E-state index contributed by atoms with van der Waals surface area (Å²) in [6, 6.07) is 3.95. The van der Waals surface area contributed by atoms with Crippen molar-refractivity contribution in [3.8, 4) is 0 Å². The van der Waals surface area contributed by atoms with Gasteiger partial charge >= 0.3 is 0 Å². The standard InChI is InChI=1S/C11H13N3/c1-7-9-6-11(13-2)10(12)5-8(9)3-4-14-7/h3-6,13-14H,1,12H2,2H3. The molecule has 1 aliphatic rings. The molecule has 0 saturated heterocycles. The molecule has 0 aliphatic carbocycles. The van der Waals surface area contributed by atoms with Crippen molar-refractivity contribution in [2.45, 2.75) is 0 Å². The van der Waals surface area contributed by atoms with Gasteiger partial charge < -0.3 is 16.4 Å². The van der Waals surface area contributed by atoms with Crippen molar-refractivity contribution in [3.05, 3.63) is 36.0 Å². The fourth-order valence-corrected chi connectivity index (χ4v) is 1.56. The first-order valence-corrected chi connectivity index (χ1v) is 4.46. The van der Waals surface area contributed by atoms with Crippen molar-refractivity contribution in [3.63, 3.8) is 0 Å². The first kappa shape index (κ1) is 8.69. The van der Waals surface area contributed by atoms with E-state index in [9.17, 15) is 0 Å². The molecule has 14 heavy (non-hydrogen) atoms. The summed E-state index contributed by atoms with van der Waals surface area (Å²) in [6.45, 7) is 3.93. The lowest BCUT2D eigenvalue weighted by Crippen LogP contribution is -2.09. The molecule has 0 unspecified atom stereocenters. The lowest BCUT2D eigenvalue weighted by Gasteiger charge is -2.17. The first-order valence-electron chi connectivity index (χ1n) is 4.46. The van der Waals surface area contributed by atoms with Gasteiger partial charge in [-0.05, 0) is 23.8 Å². The van der Waals surface area contributed by atoms with Crippen LogP contribution < -0.4 is 16.4 Å². The predicted octanol–water partition coefficient (Wildman–Crippen LogP) is 1.86. The van der Waals surface area contributed by atoms with Gasteiger partial charge in [-0.15, -0.1) is 0 Å². The van der Waals surface area contributed by atoms with Crippen LogP contribution in [0.5, 0.6) is 0 Å². The van der Waals surface area contributed by atoms with E-state index in [1.165, 1.54) is 0 Å². The third kappa shape index (κ3) is 1.23. The monoisotopic (exact) mass is 187 g/mol. The highest BCUT2D eigenvalue weighted by molar-refractivity contribution is 5.83. The Balaban J connectivity index is 2.61. The Morgan fingerprint density at radius 3 is 2.93 bits per heavy atom. The topological polar surface area (TPSA) is 50.1 Å². The molecule has 0 radical (unpaired) electrons. The lowest BCUT2D eigenvalue weighted by atomic mass is 10.0. The van der Waals surface area contributed by atoms with Crippen molar-refractivity contribution in [1.82, 2.24) is 5.32 Å². The van der Waals surface area contributed by atoms with Crippen LogP contribution in [0.25, 0.3) is 11.8 Å². The number of benzene rings is 1. The number of rotatable bonds is 1. The molecule has 0 amide bonds. The predicted molar refractivity (Wildman–Crippen MR) is 61.6 cm³/mol. The van der Waals surface area contributed by atoms with Gasteiger partial charge in [0.25, 0.3) is 0 Å². The Kier molecular flexibility index (Phi) is 1.93. The Morgan fingerprint density at radius 1 is 1.43 bits per heavy atom. The highest BCUT2D eigenvalue weighted by Gasteiger charge is 2.10. The molecule has 0 atom stereocenters. The molecule has 3 heteroatoms. The Morgan fingerprint density at radius 2 is 2.21 bits per heavy atom. The van der Waals surface area contributed by atoms with E-state index in [1.54, 1.807) is 0 Å². The SMILES string of the molecule is C=C1NC=Cc2cc(N)c(NC)cc21. The summed E-state index contributed by atoms with van der Waals surface area (Å²) in [4.78, 5) is 0. The second kappa shape index (κ2) is 3.10. The van der Waals surface area contributed by atoms with Crippen LogP contribution in [-0.2, 0) is 0 Å². The summed E-state index contributed by atoms with van der Waals surface area (Å²) in [5.41, 5.74) is 10.6. The maximum Gasteiger partial charge on any atom is 0.0578 e. The van der Waals surface area contributed by atoms with E-state index in [4.69, 9.17) is 5.73 Å². The summed E-state index contributed by atoms with van der Waals surface area (Å²) >= 11 is 0. The molecular weight excluding hydrogens is 174 g/mol. The highest BCUT2D eigenvalue weighted by Crippen LogP contribution is 2.29. The van der Waals surface area contributed by atoms with Gasteiger partial charge in [0.15, 0.2) is 0 Å². The van der Waals surface area contributed by atoms with Crippen LogP contribution in [0.1, 0.15) is 11.1 Å². The molecule has 1 aromatic rings. The van der Waals surface area contributed by atoms with Gasteiger partial charge in [0.05, 0.1) is 11.4 Å². The second-order valence-electron chi connectivity index (χ2n) is 3.23. The van der Waals surface area contributed by atoms with Crippen molar-refractivity contribution >= 4 is 23.1 Å². The van der Waals surface area contributed by atoms with Crippen molar-refractivity contribution in [2.75, 3.05) is 18.1 Å². The average molecular weight is 187 g/mol. The largest absolute Gasteiger partial charge is 0.397 e. The number of nitrogen functional groups attached to an aromatic ring is 1. The maximum absolute atomic E-state index is 5.85. The summed E-state index contributed by atoms with van der Waals surface area (Å²) in [6.07, 6.45) is 3.85. The van der Waals surface area contributed by atoms with E-state index in [-0.39, 0.29) is 0 Å². The van der Waals surface area contributed by atoms with Crippen molar-refractivity contribution < 1.29 is 0 Å². The molecule has 0 aromatic heterocycles. The number of fused-ring (bicyclic) bond motifs is 1. The van der Waals surface area contributed by atoms with Gasteiger partial charge in [-0.2, -0.15) is 0 Å². The molecule has 1 aliphatic heterocycles. The number of hydrogen-bond acceptors (Lipinski definition) is 3. The van der Waals surface area contributed by atoms with Gasteiger partial charge in [0.2, 0.25) is 0 Å². The van der Waals surface area contributed by atoms with Gasteiger partial charge in [-0.25, -0.2) is 0 Å². The van der Waals surface area contributed by atoms with Gasteiger partial charge in [0, 0.05) is 24.5 Å². The summed E-state index contributed by atoms with van der Waals surface area (Å²) in [5.74, 6) is 0. The molecule has 4 N–H and O–H groups in total. The average Bonchev–Trinajstić information content (AvgIpc) is 2.17. The van der Waals surface area contributed by atoms with E-state index >= 15 is 0 Å². The van der Waals surface area contributed by atoms with E-state index in [0.29, 0.717) is 0 Å². The summed E-state index contributed by atoms with van der Waals surface area (Å²) in [7, 11) is 1.85. The van der Waals surface area contributed by atoms with Gasteiger partial charge in [-0.1, -0.05) is 6.58 Å². The molecule has 1 aromatic carbocycles. The zero-order valence-corrected chi connectivity index (χ0v) is 8.09. The fraction of sp³-hybridized carbons (Fsp3) is 0.0909. The van der Waals surface area contributed by atoms with Crippen LogP contribution in [-0.4, -0.2) is 7.05 Å². The Labute approximate surface area is 83.3 Å². The maximum atomic E-state index is 5.85. The van der Waals surface area contributed by atoms with E-state index in [1.807, 2.05) is 31.5 Å². The van der Waals surface area contributed by atoms with Crippen LogP contribution in [0, 0.1) is 0 Å². The van der Waals surface area contributed by atoms with E-state index < -0.39 is 0 Å². The molecule has 0 spiro atoms. The normalized spacial score (nSPS) is 13.4. The number of anilines is 2. The summed E-state index contributed by atoms with van der Waals surface area (Å²) in [5, 5.41) is 6.11. The van der Waals surface area contributed by atoms with E-state index in [0.717, 1.165) is 28.2 Å². The third-order valence-electron chi connectivity index (χ3n) is 2.34. The van der Waals surface area contributed by atoms with E-state index in [2.05, 4.69) is 17.2 Å². The molecular formula is C11H13N3. The molecule has 2 rings (SSSR count). The molecule has 0 bridgehead atoms. The highest BCUT2D eigenvalue weighted by atomic mass is 14.9.